The lowest BCUT2D eigenvalue weighted by Crippen LogP contribution is -2.41. The van der Waals surface area contributed by atoms with Crippen molar-refractivity contribution in [3.8, 4) is 0 Å². The second kappa shape index (κ2) is 5.86. The van der Waals surface area contributed by atoms with Crippen LogP contribution in [-0.2, 0) is 4.74 Å². The third-order valence-corrected chi connectivity index (χ3v) is 3.06. The van der Waals surface area contributed by atoms with E-state index in [1.165, 1.54) is 0 Å². The summed E-state index contributed by atoms with van der Waals surface area (Å²) in [6.07, 6.45) is 0.765. The molecule has 1 saturated heterocycles. The van der Waals surface area contributed by atoms with Crippen LogP contribution < -0.4 is 5.32 Å². The van der Waals surface area contributed by atoms with E-state index in [9.17, 15) is 5.11 Å². The minimum absolute atomic E-state index is 0.487. The smallest absolute Gasteiger partial charge is 0.102 e. The zero-order valence-corrected chi connectivity index (χ0v) is 9.03. The molecule has 1 rings (SSSR count). The van der Waals surface area contributed by atoms with Crippen LogP contribution in [0.4, 0.5) is 0 Å². The molecule has 0 radical (unpaired) electrons. The number of rotatable bonds is 6. The van der Waals surface area contributed by atoms with Gasteiger partial charge in [0, 0.05) is 31.9 Å². The standard InChI is InChI=1S/C9H19NO2S/c1-2-13-6-4-10-7-9(11)3-5-12-8-9/h10-11H,2-8H2,1H3. The summed E-state index contributed by atoms with van der Waals surface area (Å²) in [5, 5.41) is 13.1. The van der Waals surface area contributed by atoms with Crippen molar-refractivity contribution in [2.45, 2.75) is 18.9 Å². The molecule has 0 aromatic heterocycles. The van der Waals surface area contributed by atoms with Gasteiger partial charge in [0.2, 0.25) is 0 Å². The van der Waals surface area contributed by atoms with Crippen molar-refractivity contribution in [1.29, 1.82) is 0 Å². The molecule has 1 aliphatic heterocycles. The molecule has 1 aliphatic rings. The summed E-state index contributed by atoms with van der Waals surface area (Å²) in [6.45, 7) is 4.98. The summed E-state index contributed by atoms with van der Waals surface area (Å²) in [7, 11) is 0. The summed E-state index contributed by atoms with van der Waals surface area (Å²) >= 11 is 1.91. The molecule has 0 bridgehead atoms. The number of thioether (sulfide) groups is 1. The highest BCUT2D eigenvalue weighted by molar-refractivity contribution is 7.99. The summed E-state index contributed by atoms with van der Waals surface area (Å²) in [6, 6.07) is 0. The van der Waals surface area contributed by atoms with E-state index in [1.54, 1.807) is 0 Å². The van der Waals surface area contributed by atoms with Gasteiger partial charge in [-0.25, -0.2) is 0 Å². The van der Waals surface area contributed by atoms with E-state index in [0.717, 1.165) is 24.5 Å². The predicted octanol–water partition coefficient (Wildman–Crippen LogP) is 0.480. The fourth-order valence-corrected chi connectivity index (χ4v) is 1.92. The third-order valence-electron chi connectivity index (χ3n) is 2.16. The molecule has 0 aromatic carbocycles. The van der Waals surface area contributed by atoms with Gasteiger partial charge in [-0.3, -0.25) is 0 Å². The Kier molecular flexibility index (Phi) is 5.09. The van der Waals surface area contributed by atoms with Crippen LogP contribution >= 0.6 is 11.8 Å². The Labute approximate surface area is 84.2 Å². The number of nitrogens with one attached hydrogen (secondary N) is 1. The highest BCUT2D eigenvalue weighted by Crippen LogP contribution is 2.16. The molecule has 0 aromatic rings. The molecule has 0 saturated carbocycles. The number of hydrogen-bond donors (Lipinski definition) is 2. The zero-order chi connectivity index (χ0) is 9.57. The summed E-state index contributed by atoms with van der Waals surface area (Å²) in [4.78, 5) is 0. The fourth-order valence-electron chi connectivity index (χ4n) is 1.35. The van der Waals surface area contributed by atoms with Crippen LogP contribution in [0.2, 0.25) is 0 Å². The van der Waals surface area contributed by atoms with Crippen molar-refractivity contribution >= 4 is 11.8 Å². The highest BCUT2D eigenvalue weighted by atomic mass is 32.2. The summed E-state index contributed by atoms with van der Waals surface area (Å²) in [5.41, 5.74) is -0.600. The van der Waals surface area contributed by atoms with Crippen LogP contribution in [0, 0.1) is 0 Å². The molecule has 13 heavy (non-hydrogen) atoms. The van der Waals surface area contributed by atoms with Crippen molar-refractivity contribution in [2.75, 3.05) is 37.8 Å². The number of aliphatic hydroxyl groups is 1. The van der Waals surface area contributed by atoms with Crippen LogP contribution in [0.3, 0.4) is 0 Å². The molecule has 1 unspecified atom stereocenters. The van der Waals surface area contributed by atoms with Crippen LogP contribution in [-0.4, -0.2) is 48.5 Å². The van der Waals surface area contributed by atoms with E-state index >= 15 is 0 Å². The largest absolute Gasteiger partial charge is 0.386 e. The Morgan fingerprint density at radius 3 is 3.08 bits per heavy atom. The zero-order valence-electron chi connectivity index (χ0n) is 8.21. The Balaban J connectivity index is 1.98. The molecule has 1 heterocycles. The maximum absolute atomic E-state index is 9.85. The minimum atomic E-state index is -0.600. The second-order valence-electron chi connectivity index (χ2n) is 3.40. The van der Waals surface area contributed by atoms with Crippen molar-refractivity contribution < 1.29 is 9.84 Å². The molecular formula is C9H19NO2S. The van der Waals surface area contributed by atoms with Gasteiger partial charge in [0.25, 0.3) is 0 Å². The van der Waals surface area contributed by atoms with Crippen molar-refractivity contribution in [3.05, 3.63) is 0 Å². The first-order valence-electron chi connectivity index (χ1n) is 4.85. The van der Waals surface area contributed by atoms with Gasteiger partial charge in [0.1, 0.15) is 5.60 Å². The van der Waals surface area contributed by atoms with E-state index in [-0.39, 0.29) is 0 Å². The Morgan fingerprint density at radius 1 is 1.62 bits per heavy atom. The van der Waals surface area contributed by atoms with E-state index in [0.29, 0.717) is 19.8 Å². The first kappa shape index (κ1) is 11.3. The van der Waals surface area contributed by atoms with E-state index in [1.807, 2.05) is 11.8 Å². The maximum atomic E-state index is 9.85. The summed E-state index contributed by atoms with van der Waals surface area (Å²) in [5.74, 6) is 2.28. The topological polar surface area (TPSA) is 41.5 Å². The van der Waals surface area contributed by atoms with E-state index in [4.69, 9.17) is 4.74 Å². The van der Waals surface area contributed by atoms with Gasteiger partial charge in [-0.05, 0) is 5.75 Å². The Morgan fingerprint density at radius 2 is 2.46 bits per heavy atom. The molecule has 0 amide bonds. The number of ether oxygens (including phenoxy) is 1. The van der Waals surface area contributed by atoms with E-state index < -0.39 is 5.60 Å². The predicted molar refractivity (Wildman–Crippen MR) is 56.3 cm³/mol. The van der Waals surface area contributed by atoms with Crippen LogP contribution in [0.5, 0.6) is 0 Å². The normalized spacial score (nSPS) is 28.2. The maximum Gasteiger partial charge on any atom is 0.102 e. The lowest BCUT2D eigenvalue weighted by molar-refractivity contribution is 0.0276. The molecule has 3 nitrogen and oxygen atoms in total. The van der Waals surface area contributed by atoms with Crippen molar-refractivity contribution in [3.63, 3.8) is 0 Å². The second-order valence-corrected chi connectivity index (χ2v) is 4.79. The Bertz CT molecular complexity index is 138. The van der Waals surface area contributed by atoms with Gasteiger partial charge < -0.3 is 15.2 Å². The molecule has 78 valence electrons. The van der Waals surface area contributed by atoms with E-state index in [2.05, 4.69) is 12.2 Å². The van der Waals surface area contributed by atoms with Crippen molar-refractivity contribution in [1.82, 2.24) is 5.32 Å². The monoisotopic (exact) mass is 205 g/mol. The lowest BCUT2D eigenvalue weighted by atomic mass is 10.0. The third kappa shape index (κ3) is 4.31. The van der Waals surface area contributed by atoms with Gasteiger partial charge in [-0.2, -0.15) is 11.8 Å². The number of hydrogen-bond acceptors (Lipinski definition) is 4. The first-order valence-corrected chi connectivity index (χ1v) is 6.01. The fraction of sp³-hybridized carbons (Fsp3) is 1.00. The molecule has 1 atom stereocenters. The Hall–Kier alpha value is 0.230. The lowest BCUT2D eigenvalue weighted by Gasteiger charge is -2.20. The highest BCUT2D eigenvalue weighted by Gasteiger charge is 2.31. The molecular weight excluding hydrogens is 186 g/mol. The minimum Gasteiger partial charge on any atom is -0.386 e. The van der Waals surface area contributed by atoms with Crippen LogP contribution in [0.15, 0.2) is 0 Å². The SMILES string of the molecule is CCSCCNCC1(O)CCOC1. The molecule has 4 heteroatoms. The van der Waals surface area contributed by atoms with Gasteiger partial charge >= 0.3 is 0 Å². The quantitative estimate of drug-likeness (QED) is 0.619. The summed E-state index contributed by atoms with van der Waals surface area (Å²) < 4.78 is 5.14. The van der Waals surface area contributed by atoms with Gasteiger partial charge in [-0.1, -0.05) is 6.92 Å². The van der Waals surface area contributed by atoms with Gasteiger partial charge in [0.15, 0.2) is 0 Å². The molecule has 2 N–H and O–H groups in total. The van der Waals surface area contributed by atoms with Crippen LogP contribution in [0.1, 0.15) is 13.3 Å². The van der Waals surface area contributed by atoms with Gasteiger partial charge in [-0.15, -0.1) is 0 Å². The van der Waals surface area contributed by atoms with Crippen LogP contribution in [0.25, 0.3) is 0 Å². The average molecular weight is 205 g/mol. The van der Waals surface area contributed by atoms with Crippen molar-refractivity contribution in [2.24, 2.45) is 0 Å². The molecule has 1 fully saturated rings. The average Bonchev–Trinajstić information content (AvgIpc) is 2.53. The van der Waals surface area contributed by atoms with Gasteiger partial charge in [0.05, 0.1) is 6.61 Å². The first-order chi connectivity index (χ1) is 6.27. The molecule has 0 spiro atoms. The molecule has 0 aliphatic carbocycles.